The zero-order chi connectivity index (χ0) is 10.8. The summed E-state index contributed by atoms with van der Waals surface area (Å²) >= 11 is 3.38. The average molecular weight is 347 g/mol. The number of hydrogen-bond donors (Lipinski definition) is 1. The third kappa shape index (κ3) is 3.34. The summed E-state index contributed by atoms with van der Waals surface area (Å²) in [6.45, 7) is 4.56. The summed E-state index contributed by atoms with van der Waals surface area (Å²) in [5, 5.41) is 3.20. The molecule has 0 saturated carbocycles. The molecule has 5 nitrogen and oxygen atoms in total. The quantitative estimate of drug-likeness (QED) is 0.829. The molecule has 0 radical (unpaired) electrons. The minimum Gasteiger partial charge on any atom is -0.461 e. The SMILES string of the molecule is CCOC(=O)c1nc2n(c1Br)CCNC2.Cl.Cl. The molecule has 0 aliphatic carbocycles. The van der Waals surface area contributed by atoms with Crippen molar-refractivity contribution in [3.8, 4) is 0 Å². The first-order valence-electron chi connectivity index (χ1n) is 4.86. The molecule has 1 aromatic heterocycles. The molecule has 0 atom stereocenters. The Balaban J connectivity index is 0.00000128. The van der Waals surface area contributed by atoms with Crippen LogP contribution in [0.2, 0.25) is 0 Å². The normalized spacial score (nSPS) is 13.1. The maximum absolute atomic E-state index is 11.5. The van der Waals surface area contributed by atoms with Gasteiger partial charge in [0.25, 0.3) is 0 Å². The molecule has 0 aromatic carbocycles. The van der Waals surface area contributed by atoms with Gasteiger partial charge in [0.15, 0.2) is 5.69 Å². The molecule has 98 valence electrons. The lowest BCUT2D eigenvalue weighted by Crippen LogP contribution is -2.28. The molecule has 0 saturated heterocycles. The number of carbonyl (C=O) groups excluding carboxylic acids is 1. The molecular weight excluding hydrogens is 333 g/mol. The van der Waals surface area contributed by atoms with E-state index in [2.05, 4.69) is 26.2 Å². The lowest BCUT2D eigenvalue weighted by Gasteiger charge is -2.15. The van der Waals surface area contributed by atoms with E-state index in [4.69, 9.17) is 4.74 Å². The van der Waals surface area contributed by atoms with Crippen LogP contribution in [0, 0.1) is 0 Å². The Labute approximate surface area is 120 Å². The van der Waals surface area contributed by atoms with Crippen LogP contribution in [-0.4, -0.2) is 28.7 Å². The number of aromatic nitrogens is 2. The second-order valence-electron chi connectivity index (χ2n) is 3.22. The minimum absolute atomic E-state index is 0. The highest BCUT2D eigenvalue weighted by Crippen LogP contribution is 2.21. The van der Waals surface area contributed by atoms with Crippen molar-refractivity contribution in [1.29, 1.82) is 0 Å². The Morgan fingerprint density at radius 1 is 1.59 bits per heavy atom. The number of nitrogens with zero attached hydrogens (tertiary/aromatic N) is 2. The van der Waals surface area contributed by atoms with Crippen molar-refractivity contribution in [3.05, 3.63) is 16.1 Å². The molecule has 1 aliphatic rings. The number of imidazole rings is 1. The van der Waals surface area contributed by atoms with E-state index in [0.29, 0.717) is 18.8 Å². The van der Waals surface area contributed by atoms with Gasteiger partial charge in [-0.15, -0.1) is 24.8 Å². The first kappa shape index (κ1) is 16.7. The van der Waals surface area contributed by atoms with Gasteiger partial charge >= 0.3 is 5.97 Å². The van der Waals surface area contributed by atoms with Crippen molar-refractivity contribution < 1.29 is 9.53 Å². The van der Waals surface area contributed by atoms with Crippen molar-refractivity contribution in [2.24, 2.45) is 0 Å². The van der Waals surface area contributed by atoms with E-state index in [0.717, 1.165) is 23.5 Å². The summed E-state index contributed by atoms with van der Waals surface area (Å²) in [5.41, 5.74) is 0.371. The summed E-state index contributed by atoms with van der Waals surface area (Å²) in [6.07, 6.45) is 0. The Morgan fingerprint density at radius 2 is 2.29 bits per heavy atom. The van der Waals surface area contributed by atoms with Gasteiger partial charge in [-0.25, -0.2) is 9.78 Å². The van der Waals surface area contributed by atoms with Gasteiger partial charge in [0.05, 0.1) is 13.2 Å². The number of carbonyl (C=O) groups is 1. The van der Waals surface area contributed by atoms with Crippen LogP contribution < -0.4 is 5.32 Å². The first-order valence-corrected chi connectivity index (χ1v) is 5.66. The minimum atomic E-state index is -0.369. The highest BCUT2D eigenvalue weighted by atomic mass is 79.9. The molecule has 0 fully saturated rings. The number of halogens is 3. The molecule has 0 spiro atoms. The molecule has 17 heavy (non-hydrogen) atoms. The van der Waals surface area contributed by atoms with Gasteiger partial charge in [-0.2, -0.15) is 0 Å². The Morgan fingerprint density at radius 3 is 2.88 bits per heavy atom. The molecular formula is C9H14BrCl2N3O2. The summed E-state index contributed by atoms with van der Waals surface area (Å²) in [7, 11) is 0. The fourth-order valence-corrected chi connectivity index (χ4v) is 2.19. The number of ether oxygens (including phenoxy) is 1. The highest BCUT2D eigenvalue weighted by Gasteiger charge is 2.22. The molecule has 1 aromatic rings. The first-order chi connectivity index (χ1) is 7.24. The van der Waals surface area contributed by atoms with Gasteiger partial charge in [-0.1, -0.05) is 0 Å². The summed E-state index contributed by atoms with van der Waals surface area (Å²) in [5.74, 6) is 0.502. The smallest absolute Gasteiger partial charge is 0.359 e. The van der Waals surface area contributed by atoms with Crippen molar-refractivity contribution in [1.82, 2.24) is 14.9 Å². The van der Waals surface area contributed by atoms with Crippen LogP contribution in [0.15, 0.2) is 4.60 Å². The second-order valence-corrected chi connectivity index (χ2v) is 3.97. The summed E-state index contributed by atoms with van der Waals surface area (Å²) < 4.78 is 7.63. The topological polar surface area (TPSA) is 56.1 Å². The highest BCUT2D eigenvalue weighted by molar-refractivity contribution is 9.10. The largest absolute Gasteiger partial charge is 0.461 e. The number of fused-ring (bicyclic) bond motifs is 1. The summed E-state index contributed by atoms with van der Waals surface area (Å²) in [4.78, 5) is 15.8. The Kier molecular flexibility index (Phi) is 7.08. The van der Waals surface area contributed by atoms with E-state index in [1.165, 1.54) is 0 Å². The fraction of sp³-hybridized carbons (Fsp3) is 0.556. The number of nitrogens with one attached hydrogen (secondary N) is 1. The monoisotopic (exact) mass is 345 g/mol. The molecule has 1 N–H and O–H groups in total. The standard InChI is InChI=1S/C9H12BrN3O2.2ClH/c1-2-15-9(14)7-8(10)13-4-3-11-5-6(13)12-7;;/h11H,2-5H2,1H3;2*1H. The molecule has 0 unspecified atom stereocenters. The fourth-order valence-electron chi connectivity index (χ4n) is 1.56. The van der Waals surface area contributed by atoms with Crippen molar-refractivity contribution in [2.75, 3.05) is 13.2 Å². The lowest BCUT2D eigenvalue weighted by molar-refractivity contribution is 0.0518. The van der Waals surface area contributed by atoms with E-state index >= 15 is 0 Å². The van der Waals surface area contributed by atoms with Gasteiger partial charge < -0.3 is 14.6 Å². The third-order valence-electron chi connectivity index (χ3n) is 2.25. The van der Waals surface area contributed by atoms with Crippen LogP contribution in [-0.2, 0) is 17.8 Å². The maximum atomic E-state index is 11.5. The summed E-state index contributed by atoms with van der Waals surface area (Å²) in [6, 6.07) is 0. The zero-order valence-electron chi connectivity index (χ0n) is 9.23. The number of hydrogen-bond acceptors (Lipinski definition) is 4. The van der Waals surface area contributed by atoms with Crippen LogP contribution in [0.4, 0.5) is 0 Å². The van der Waals surface area contributed by atoms with Gasteiger partial charge in [-0.3, -0.25) is 0 Å². The Bertz CT molecular complexity index is 398. The van der Waals surface area contributed by atoms with E-state index in [9.17, 15) is 4.79 Å². The predicted octanol–water partition coefficient (Wildman–Crippen LogP) is 1.77. The Hall–Kier alpha value is -0.300. The lowest BCUT2D eigenvalue weighted by atomic mass is 10.4. The van der Waals surface area contributed by atoms with Gasteiger partial charge in [0.1, 0.15) is 10.4 Å². The average Bonchev–Trinajstić information content (AvgIpc) is 2.57. The van der Waals surface area contributed by atoms with Crippen LogP contribution in [0.3, 0.4) is 0 Å². The van der Waals surface area contributed by atoms with Crippen molar-refractivity contribution in [2.45, 2.75) is 20.0 Å². The van der Waals surface area contributed by atoms with E-state index in [1.54, 1.807) is 6.92 Å². The number of esters is 1. The van der Waals surface area contributed by atoms with Gasteiger partial charge in [0, 0.05) is 13.1 Å². The molecule has 8 heteroatoms. The zero-order valence-corrected chi connectivity index (χ0v) is 12.5. The van der Waals surface area contributed by atoms with Crippen molar-refractivity contribution >= 4 is 46.7 Å². The van der Waals surface area contributed by atoms with Crippen LogP contribution >= 0.6 is 40.7 Å². The van der Waals surface area contributed by atoms with Gasteiger partial charge in [-0.05, 0) is 22.9 Å². The molecule has 0 amide bonds. The van der Waals surface area contributed by atoms with Crippen LogP contribution in [0.5, 0.6) is 0 Å². The second kappa shape index (κ2) is 7.20. The van der Waals surface area contributed by atoms with Crippen LogP contribution in [0.1, 0.15) is 23.2 Å². The predicted molar refractivity (Wildman–Crippen MR) is 72.1 cm³/mol. The van der Waals surface area contributed by atoms with Crippen LogP contribution in [0.25, 0.3) is 0 Å². The molecule has 2 rings (SSSR count). The third-order valence-corrected chi connectivity index (χ3v) is 3.05. The molecule has 1 aliphatic heterocycles. The van der Waals surface area contributed by atoms with E-state index in [-0.39, 0.29) is 30.8 Å². The van der Waals surface area contributed by atoms with E-state index < -0.39 is 0 Å². The van der Waals surface area contributed by atoms with Crippen molar-refractivity contribution in [3.63, 3.8) is 0 Å². The van der Waals surface area contributed by atoms with Gasteiger partial charge in [0.2, 0.25) is 0 Å². The number of rotatable bonds is 2. The molecule has 0 bridgehead atoms. The maximum Gasteiger partial charge on any atom is 0.359 e. The molecule has 2 heterocycles. The van der Waals surface area contributed by atoms with E-state index in [1.807, 2.05) is 4.57 Å².